The average Bonchev–Trinajstić information content (AvgIpc) is 2.75. The lowest BCUT2D eigenvalue weighted by molar-refractivity contribution is 0.172. The predicted molar refractivity (Wildman–Crippen MR) is 115 cm³/mol. The van der Waals surface area contributed by atoms with E-state index in [1.54, 1.807) is 0 Å². The number of thioether (sulfide) groups is 1. The molecule has 0 bridgehead atoms. The Morgan fingerprint density at radius 2 is 1.70 bits per heavy atom. The Morgan fingerprint density at radius 1 is 1.04 bits per heavy atom. The predicted octanol–water partition coefficient (Wildman–Crippen LogP) is 6.53. The van der Waals surface area contributed by atoms with Crippen LogP contribution >= 0.6 is 11.8 Å². The van der Waals surface area contributed by atoms with Crippen LogP contribution in [0.25, 0.3) is 0 Å². The van der Waals surface area contributed by atoms with Crippen molar-refractivity contribution in [1.29, 1.82) is 0 Å². The lowest BCUT2D eigenvalue weighted by atomic mass is 9.70. The smallest absolute Gasteiger partial charge is 0.179 e. The summed E-state index contributed by atoms with van der Waals surface area (Å²) in [5, 5.41) is 0.137. The molecule has 146 valence electrons. The van der Waals surface area contributed by atoms with Crippen LogP contribution in [0.5, 0.6) is 0 Å². The van der Waals surface area contributed by atoms with Gasteiger partial charge in [0.25, 0.3) is 0 Å². The van der Waals surface area contributed by atoms with Gasteiger partial charge in [-0.1, -0.05) is 70.0 Å². The third-order valence-corrected chi connectivity index (χ3v) is 9.65. The third-order valence-electron chi connectivity index (χ3n) is 6.20. The standard InChI is InChI=1S/C23H30O2S2/c1-4-6-16-23(5-2)17-27(24,25)21-15-11-10-14-20(21)22(18(23)3)26-19-12-8-7-9-13-19/h7-15,18,22H,4-6,16-17H2,1-3H3/t18?,22?,23-/m0/s1. The molecule has 0 fully saturated rings. The van der Waals surface area contributed by atoms with E-state index in [2.05, 4.69) is 45.0 Å². The van der Waals surface area contributed by atoms with Crippen LogP contribution in [0.3, 0.4) is 0 Å². The van der Waals surface area contributed by atoms with Crippen LogP contribution in [0.4, 0.5) is 0 Å². The van der Waals surface area contributed by atoms with E-state index in [9.17, 15) is 8.42 Å². The molecule has 0 spiro atoms. The van der Waals surface area contributed by atoms with Crippen LogP contribution < -0.4 is 0 Å². The molecule has 0 radical (unpaired) electrons. The summed E-state index contributed by atoms with van der Waals surface area (Å²) in [6.07, 6.45) is 4.04. The van der Waals surface area contributed by atoms with Gasteiger partial charge in [-0.3, -0.25) is 0 Å². The molecule has 2 nitrogen and oxygen atoms in total. The largest absolute Gasteiger partial charge is 0.224 e. The second kappa shape index (κ2) is 8.40. The minimum Gasteiger partial charge on any atom is -0.224 e. The van der Waals surface area contributed by atoms with Gasteiger partial charge in [0.15, 0.2) is 9.84 Å². The lowest BCUT2D eigenvalue weighted by Gasteiger charge is -2.40. The van der Waals surface area contributed by atoms with E-state index in [4.69, 9.17) is 0 Å². The molecule has 27 heavy (non-hydrogen) atoms. The fourth-order valence-electron chi connectivity index (χ4n) is 4.42. The SMILES string of the molecule is CCCC[C@@]1(CC)CS(=O)(=O)c2ccccc2C(Sc2ccccc2)C1C. The summed E-state index contributed by atoms with van der Waals surface area (Å²) >= 11 is 1.82. The molecule has 0 aliphatic carbocycles. The molecule has 2 unspecified atom stereocenters. The van der Waals surface area contributed by atoms with E-state index in [0.29, 0.717) is 4.90 Å². The molecule has 0 amide bonds. The molecule has 1 aliphatic heterocycles. The van der Waals surface area contributed by atoms with Gasteiger partial charge in [-0.25, -0.2) is 8.42 Å². The normalized spacial score (nSPS) is 26.9. The average molecular weight is 403 g/mol. The van der Waals surface area contributed by atoms with Crippen LogP contribution in [0, 0.1) is 11.3 Å². The molecule has 1 heterocycles. The lowest BCUT2D eigenvalue weighted by Crippen LogP contribution is -2.36. The highest BCUT2D eigenvalue weighted by Gasteiger charge is 2.47. The maximum absolute atomic E-state index is 13.4. The van der Waals surface area contributed by atoms with Crippen molar-refractivity contribution in [3.05, 3.63) is 60.2 Å². The number of hydrogen-bond donors (Lipinski definition) is 0. The first kappa shape index (κ1) is 20.5. The van der Waals surface area contributed by atoms with Crippen molar-refractivity contribution >= 4 is 21.6 Å². The van der Waals surface area contributed by atoms with E-state index in [0.717, 1.165) is 31.2 Å². The third kappa shape index (κ3) is 4.12. The fourth-order valence-corrected chi connectivity index (χ4v) is 8.29. The second-order valence-corrected chi connectivity index (χ2v) is 10.9. The molecule has 0 saturated carbocycles. The topological polar surface area (TPSA) is 34.1 Å². The highest BCUT2D eigenvalue weighted by Crippen LogP contribution is 2.55. The number of unbranched alkanes of at least 4 members (excludes halogenated alkanes) is 1. The summed E-state index contributed by atoms with van der Waals surface area (Å²) in [4.78, 5) is 1.74. The number of hydrogen-bond acceptors (Lipinski definition) is 3. The van der Waals surface area contributed by atoms with Gasteiger partial charge in [0.1, 0.15) is 0 Å². The van der Waals surface area contributed by atoms with Crippen LogP contribution in [-0.2, 0) is 9.84 Å². The van der Waals surface area contributed by atoms with Crippen molar-refractivity contribution < 1.29 is 8.42 Å². The van der Waals surface area contributed by atoms with Crippen molar-refractivity contribution in [1.82, 2.24) is 0 Å². The maximum Gasteiger partial charge on any atom is 0.179 e. The number of sulfone groups is 1. The van der Waals surface area contributed by atoms with Gasteiger partial charge in [0.2, 0.25) is 0 Å². The minimum absolute atomic E-state index is 0.137. The van der Waals surface area contributed by atoms with E-state index >= 15 is 0 Å². The number of benzene rings is 2. The van der Waals surface area contributed by atoms with Gasteiger partial charge in [-0.2, -0.15) is 0 Å². The van der Waals surface area contributed by atoms with Crippen LogP contribution in [0.15, 0.2) is 64.4 Å². The van der Waals surface area contributed by atoms with Gasteiger partial charge >= 0.3 is 0 Å². The zero-order chi connectivity index (χ0) is 19.5. The fraction of sp³-hybridized carbons (Fsp3) is 0.478. The van der Waals surface area contributed by atoms with E-state index in [1.165, 1.54) is 4.90 Å². The Kier molecular flexibility index (Phi) is 6.37. The first-order valence-electron chi connectivity index (χ1n) is 9.97. The minimum atomic E-state index is -3.30. The van der Waals surface area contributed by atoms with E-state index in [1.807, 2.05) is 42.1 Å². The zero-order valence-corrected chi connectivity index (χ0v) is 18.2. The maximum atomic E-state index is 13.4. The van der Waals surface area contributed by atoms with E-state index < -0.39 is 9.84 Å². The molecule has 2 aromatic carbocycles. The second-order valence-electron chi connectivity index (χ2n) is 7.76. The Hall–Kier alpha value is -1.26. The molecule has 0 aromatic heterocycles. The van der Waals surface area contributed by atoms with Gasteiger partial charge in [-0.05, 0) is 47.9 Å². The summed E-state index contributed by atoms with van der Waals surface area (Å²) in [6.45, 7) is 6.63. The zero-order valence-electron chi connectivity index (χ0n) is 16.5. The Balaban J connectivity index is 2.14. The summed E-state index contributed by atoms with van der Waals surface area (Å²) in [7, 11) is -3.30. The molecule has 4 heteroatoms. The van der Waals surface area contributed by atoms with Crippen LogP contribution in [0.2, 0.25) is 0 Å². The summed E-state index contributed by atoms with van der Waals surface area (Å²) in [5.41, 5.74) is 0.797. The van der Waals surface area contributed by atoms with Crippen LogP contribution in [-0.4, -0.2) is 14.2 Å². The molecule has 1 aliphatic rings. The summed E-state index contributed by atoms with van der Waals surface area (Å²) in [6, 6.07) is 18.0. The monoisotopic (exact) mass is 402 g/mol. The van der Waals surface area contributed by atoms with Gasteiger partial charge < -0.3 is 0 Å². The highest BCUT2D eigenvalue weighted by atomic mass is 32.2. The van der Waals surface area contributed by atoms with E-state index in [-0.39, 0.29) is 22.3 Å². The van der Waals surface area contributed by atoms with Crippen LogP contribution in [0.1, 0.15) is 57.3 Å². The van der Waals surface area contributed by atoms with Gasteiger partial charge in [0.05, 0.1) is 10.6 Å². The molecular formula is C23H30O2S2. The van der Waals surface area contributed by atoms with Gasteiger partial charge in [-0.15, -0.1) is 11.8 Å². The molecule has 0 N–H and O–H groups in total. The van der Waals surface area contributed by atoms with Crippen molar-refractivity contribution in [2.45, 2.75) is 61.5 Å². The molecule has 2 aromatic rings. The Labute approximate surface area is 168 Å². The van der Waals surface area contributed by atoms with Crippen molar-refractivity contribution in [2.75, 3.05) is 5.75 Å². The molecular weight excluding hydrogens is 372 g/mol. The molecule has 3 atom stereocenters. The first-order valence-corrected chi connectivity index (χ1v) is 12.5. The Morgan fingerprint density at radius 3 is 2.37 bits per heavy atom. The van der Waals surface area contributed by atoms with Crippen molar-refractivity contribution in [2.24, 2.45) is 11.3 Å². The summed E-state index contributed by atoms with van der Waals surface area (Å²) in [5.74, 6) is 0.540. The Bertz CT molecular complexity index is 861. The molecule has 3 rings (SSSR count). The highest BCUT2D eigenvalue weighted by molar-refractivity contribution is 7.99. The summed E-state index contributed by atoms with van der Waals surface area (Å²) < 4.78 is 26.7. The van der Waals surface area contributed by atoms with Crippen molar-refractivity contribution in [3.63, 3.8) is 0 Å². The van der Waals surface area contributed by atoms with Gasteiger partial charge in [0, 0.05) is 10.1 Å². The molecule has 0 saturated heterocycles. The number of fused-ring (bicyclic) bond motifs is 1. The number of rotatable bonds is 6. The first-order chi connectivity index (χ1) is 12.9. The quantitative estimate of drug-likeness (QED) is 0.551. The van der Waals surface area contributed by atoms with Crippen molar-refractivity contribution in [3.8, 4) is 0 Å².